The Kier molecular flexibility index (Phi) is 3.69. The summed E-state index contributed by atoms with van der Waals surface area (Å²) in [4.78, 5) is 23.6. The highest BCUT2D eigenvalue weighted by Crippen LogP contribution is 2.12. The Morgan fingerprint density at radius 1 is 1.15 bits per heavy atom. The second-order valence-corrected chi connectivity index (χ2v) is 4.18. The quantitative estimate of drug-likeness (QED) is 0.476. The molecule has 0 aromatic carbocycles. The van der Waals surface area contributed by atoms with Gasteiger partial charge in [0.05, 0.1) is 11.1 Å². The molecule has 0 saturated heterocycles. The summed E-state index contributed by atoms with van der Waals surface area (Å²) in [5.41, 5.74) is 5.16. The van der Waals surface area contributed by atoms with Crippen LogP contribution in [0.5, 0.6) is 0 Å². The van der Waals surface area contributed by atoms with Crippen LogP contribution >= 0.6 is 0 Å². The zero-order chi connectivity index (χ0) is 14.7. The van der Waals surface area contributed by atoms with E-state index in [0.717, 1.165) is 0 Å². The van der Waals surface area contributed by atoms with Gasteiger partial charge in [-0.1, -0.05) is 0 Å². The minimum absolute atomic E-state index is 0.262. The number of hydrazine groups is 1. The average molecular weight is 275 g/mol. The van der Waals surface area contributed by atoms with Gasteiger partial charge in [-0.2, -0.15) is 4.73 Å². The Bertz CT molecular complexity index is 646. The molecule has 104 valence electrons. The van der Waals surface area contributed by atoms with Crippen LogP contribution in [0.15, 0.2) is 35.0 Å². The number of nitrogens with one attached hydrogen (secondary N) is 2. The predicted octanol–water partition coefficient (Wildman–Crippen LogP) is 0.605. The second kappa shape index (κ2) is 5.43. The Hall–Kier alpha value is -2.83. The van der Waals surface area contributed by atoms with E-state index in [0.29, 0.717) is 21.8 Å². The lowest BCUT2D eigenvalue weighted by molar-refractivity contribution is -0.605. The van der Waals surface area contributed by atoms with Gasteiger partial charge >= 0.3 is 0 Å². The molecule has 0 aliphatic carbocycles. The molecule has 2 heterocycles. The molecule has 0 spiro atoms. The van der Waals surface area contributed by atoms with Crippen molar-refractivity contribution in [3.63, 3.8) is 0 Å². The SMILES string of the molecule is Cc1cc(C(=O)NNC(=O)c2cc[n+]([O-])cc2)c(C)o1. The smallest absolute Gasteiger partial charge is 0.273 e. The van der Waals surface area contributed by atoms with E-state index in [4.69, 9.17) is 4.42 Å². The van der Waals surface area contributed by atoms with Crippen molar-refractivity contribution in [2.24, 2.45) is 0 Å². The van der Waals surface area contributed by atoms with E-state index in [1.165, 1.54) is 24.5 Å². The molecule has 7 heteroatoms. The highest BCUT2D eigenvalue weighted by molar-refractivity contribution is 5.99. The molecule has 2 N–H and O–H groups in total. The van der Waals surface area contributed by atoms with Crippen LogP contribution < -0.4 is 15.6 Å². The van der Waals surface area contributed by atoms with Crippen molar-refractivity contribution in [1.82, 2.24) is 10.9 Å². The third-order valence-electron chi connectivity index (χ3n) is 2.64. The Morgan fingerprint density at radius 2 is 1.75 bits per heavy atom. The van der Waals surface area contributed by atoms with Gasteiger partial charge in [0.1, 0.15) is 11.5 Å². The predicted molar refractivity (Wildman–Crippen MR) is 68.5 cm³/mol. The van der Waals surface area contributed by atoms with E-state index in [1.54, 1.807) is 19.9 Å². The number of nitrogens with zero attached hydrogens (tertiary/aromatic N) is 1. The molecule has 2 aromatic rings. The third kappa shape index (κ3) is 2.94. The highest BCUT2D eigenvalue weighted by Gasteiger charge is 2.14. The summed E-state index contributed by atoms with van der Waals surface area (Å²) in [6, 6.07) is 4.28. The maximum Gasteiger partial charge on any atom is 0.273 e. The molecule has 0 unspecified atom stereocenters. The standard InChI is InChI=1S/C13H13N3O4/c1-8-7-11(9(2)20-8)13(18)15-14-12(17)10-3-5-16(19)6-4-10/h3-7H,1-2H3,(H,14,17)(H,15,18). The largest absolute Gasteiger partial charge is 0.619 e. The van der Waals surface area contributed by atoms with Crippen molar-refractivity contribution in [3.8, 4) is 0 Å². The topological polar surface area (TPSA) is 98.3 Å². The van der Waals surface area contributed by atoms with Crippen LogP contribution in [0.2, 0.25) is 0 Å². The summed E-state index contributed by atoms with van der Waals surface area (Å²) < 4.78 is 5.79. The molecule has 2 amide bonds. The van der Waals surface area contributed by atoms with E-state index in [9.17, 15) is 14.8 Å². The Balaban J connectivity index is 1.98. The number of hydrogen-bond donors (Lipinski definition) is 2. The van der Waals surface area contributed by atoms with Crippen molar-refractivity contribution >= 4 is 11.8 Å². The van der Waals surface area contributed by atoms with Crippen LogP contribution in [0.4, 0.5) is 0 Å². The van der Waals surface area contributed by atoms with E-state index in [-0.39, 0.29) is 5.56 Å². The molecule has 2 rings (SSSR count). The normalized spacial score (nSPS) is 10.1. The van der Waals surface area contributed by atoms with Gasteiger partial charge in [-0.3, -0.25) is 20.4 Å². The van der Waals surface area contributed by atoms with Crippen LogP contribution in [0.3, 0.4) is 0 Å². The molecule has 0 bridgehead atoms. The summed E-state index contributed by atoms with van der Waals surface area (Å²) in [5, 5.41) is 10.8. The van der Waals surface area contributed by atoms with Crippen molar-refractivity contribution in [3.05, 3.63) is 58.4 Å². The minimum Gasteiger partial charge on any atom is -0.619 e. The van der Waals surface area contributed by atoms with Gasteiger partial charge in [-0.05, 0) is 19.9 Å². The second-order valence-electron chi connectivity index (χ2n) is 4.18. The van der Waals surface area contributed by atoms with Crippen molar-refractivity contribution in [2.45, 2.75) is 13.8 Å². The Labute approximate surface area is 114 Å². The zero-order valence-corrected chi connectivity index (χ0v) is 11.0. The highest BCUT2D eigenvalue weighted by atomic mass is 16.5. The number of rotatable bonds is 2. The van der Waals surface area contributed by atoms with Gasteiger partial charge in [-0.25, -0.2) is 0 Å². The van der Waals surface area contributed by atoms with Gasteiger partial charge in [0.25, 0.3) is 11.8 Å². The first-order valence-electron chi connectivity index (χ1n) is 5.84. The van der Waals surface area contributed by atoms with Crippen LogP contribution in [-0.2, 0) is 0 Å². The third-order valence-corrected chi connectivity index (χ3v) is 2.64. The fourth-order valence-corrected chi connectivity index (χ4v) is 1.67. The number of amides is 2. The van der Waals surface area contributed by atoms with E-state index in [1.807, 2.05) is 0 Å². The number of aromatic nitrogens is 1. The molecular formula is C13H13N3O4. The first kappa shape index (κ1) is 13.6. The number of hydrogen-bond acceptors (Lipinski definition) is 4. The summed E-state index contributed by atoms with van der Waals surface area (Å²) in [7, 11) is 0. The monoisotopic (exact) mass is 275 g/mol. The zero-order valence-electron chi connectivity index (χ0n) is 11.0. The maximum absolute atomic E-state index is 11.8. The van der Waals surface area contributed by atoms with Crippen LogP contribution in [0.1, 0.15) is 32.2 Å². The Morgan fingerprint density at radius 3 is 2.30 bits per heavy atom. The maximum atomic E-state index is 11.8. The van der Waals surface area contributed by atoms with Gasteiger partial charge in [0.15, 0.2) is 12.4 Å². The lowest BCUT2D eigenvalue weighted by Gasteiger charge is -2.06. The first-order valence-corrected chi connectivity index (χ1v) is 5.84. The van der Waals surface area contributed by atoms with Crippen molar-refractivity contribution < 1.29 is 18.7 Å². The van der Waals surface area contributed by atoms with Gasteiger partial charge in [0, 0.05) is 12.1 Å². The number of furan rings is 1. The van der Waals surface area contributed by atoms with Gasteiger partial charge < -0.3 is 9.62 Å². The van der Waals surface area contributed by atoms with E-state index < -0.39 is 11.8 Å². The molecule has 0 aliphatic heterocycles. The minimum atomic E-state index is -0.517. The first-order chi connectivity index (χ1) is 9.47. The van der Waals surface area contributed by atoms with E-state index in [2.05, 4.69) is 10.9 Å². The number of carbonyl (C=O) groups excluding carboxylic acids is 2. The molecule has 2 aromatic heterocycles. The molecule has 0 atom stereocenters. The fourth-order valence-electron chi connectivity index (χ4n) is 1.67. The molecule has 20 heavy (non-hydrogen) atoms. The molecule has 0 aliphatic rings. The fraction of sp³-hybridized carbons (Fsp3) is 0.154. The summed E-state index contributed by atoms with van der Waals surface area (Å²) >= 11 is 0. The average Bonchev–Trinajstić information content (AvgIpc) is 2.75. The molecule has 0 radical (unpaired) electrons. The lowest BCUT2D eigenvalue weighted by Crippen LogP contribution is -2.42. The van der Waals surface area contributed by atoms with E-state index >= 15 is 0 Å². The number of pyridine rings is 1. The van der Waals surface area contributed by atoms with Gasteiger partial charge in [0.2, 0.25) is 0 Å². The van der Waals surface area contributed by atoms with Crippen LogP contribution in [-0.4, -0.2) is 11.8 Å². The molecule has 7 nitrogen and oxygen atoms in total. The van der Waals surface area contributed by atoms with Crippen molar-refractivity contribution in [1.29, 1.82) is 0 Å². The van der Waals surface area contributed by atoms with Crippen LogP contribution in [0, 0.1) is 19.1 Å². The van der Waals surface area contributed by atoms with Gasteiger partial charge in [-0.15, -0.1) is 0 Å². The summed E-state index contributed by atoms with van der Waals surface area (Å²) in [6.45, 7) is 3.39. The molecule has 0 saturated carbocycles. The summed E-state index contributed by atoms with van der Waals surface area (Å²) in [5.74, 6) is 0.0998. The van der Waals surface area contributed by atoms with Crippen LogP contribution in [0.25, 0.3) is 0 Å². The summed E-state index contributed by atoms with van der Waals surface area (Å²) in [6.07, 6.45) is 2.39. The number of aryl methyl sites for hydroxylation is 2. The molecular weight excluding hydrogens is 262 g/mol. The van der Waals surface area contributed by atoms with Crippen molar-refractivity contribution in [2.75, 3.05) is 0 Å². The lowest BCUT2D eigenvalue weighted by atomic mass is 10.2. The molecule has 0 fully saturated rings. The number of carbonyl (C=O) groups is 2.